The molecule has 2 aromatic rings. The summed E-state index contributed by atoms with van der Waals surface area (Å²) in [4.78, 5) is 17.3. The van der Waals surface area contributed by atoms with Crippen LogP contribution >= 0.6 is 0 Å². The first-order valence-corrected chi connectivity index (χ1v) is 7.03. The molecule has 1 aliphatic carbocycles. The average Bonchev–Trinajstić information content (AvgIpc) is 2.99. The summed E-state index contributed by atoms with van der Waals surface area (Å²) >= 11 is 0. The van der Waals surface area contributed by atoms with E-state index in [4.69, 9.17) is 4.84 Å². The first-order chi connectivity index (χ1) is 9.83. The van der Waals surface area contributed by atoms with Crippen LogP contribution in [0.4, 0.5) is 10.5 Å². The summed E-state index contributed by atoms with van der Waals surface area (Å²) in [5, 5.41) is 4.95. The van der Waals surface area contributed by atoms with Crippen LogP contribution < -0.4 is 10.8 Å². The molecule has 1 aliphatic rings. The molecule has 2 N–H and O–H groups in total. The highest BCUT2D eigenvalue weighted by Gasteiger charge is 2.16. The van der Waals surface area contributed by atoms with Gasteiger partial charge >= 0.3 is 6.03 Å². The SMILES string of the molecule is O=C(NOC1CCCC1)Nc1cccc2ccccc12. The maximum absolute atomic E-state index is 11.9. The molecule has 104 valence electrons. The third-order valence-electron chi connectivity index (χ3n) is 3.66. The lowest BCUT2D eigenvalue weighted by atomic mass is 10.1. The second-order valence-corrected chi connectivity index (χ2v) is 5.11. The molecule has 0 atom stereocenters. The molecule has 0 radical (unpaired) electrons. The van der Waals surface area contributed by atoms with E-state index in [1.165, 1.54) is 12.8 Å². The highest BCUT2D eigenvalue weighted by molar-refractivity contribution is 6.01. The van der Waals surface area contributed by atoms with E-state index < -0.39 is 0 Å². The van der Waals surface area contributed by atoms with E-state index in [-0.39, 0.29) is 12.1 Å². The molecule has 1 fully saturated rings. The minimum absolute atomic E-state index is 0.160. The van der Waals surface area contributed by atoms with Gasteiger partial charge < -0.3 is 5.32 Å². The van der Waals surface area contributed by atoms with Crippen LogP contribution in [0.15, 0.2) is 42.5 Å². The Morgan fingerprint density at radius 1 is 1.05 bits per heavy atom. The topological polar surface area (TPSA) is 50.4 Å². The fourth-order valence-electron chi connectivity index (χ4n) is 2.63. The van der Waals surface area contributed by atoms with Crippen molar-refractivity contribution in [3.05, 3.63) is 42.5 Å². The van der Waals surface area contributed by atoms with Crippen molar-refractivity contribution in [2.24, 2.45) is 0 Å². The fraction of sp³-hybridized carbons (Fsp3) is 0.312. The van der Waals surface area contributed by atoms with Gasteiger partial charge in [0.2, 0.25) is 0 Å². The van der Waals surface area contributed by atoms with Crippen LogP contribution in [0.25, 0.3) is 10.8 Å². The van der Waals surface area contributed by atoms with Crippen LogP contribution in [0.1, 0.15) is 25.7 Å². The zero-order valence-corrected chi connectivity index (χ0v) is 11.3. The number of anilines is 1. The quantitative estimate of drug-likeness (QED) is 0.833. The van der Waals surface area contributed by atoms with Crippen molar-refractivity contribution >= 4 is 22.5 Å². The minimum Gasteiger partial charge on any atom is -0.306 e. The lowest BCUT2D eigenvalue weighted by Gasteiger charge is -2.13. The van der Waals surface area contributed by atoms with Gasteiger partial charge in [0.25, 0.3) is 0 Å². The molecule has 0 saturated heterocycles. The maximum Gasteiger partial charge on any atom is 0.343 e. The first kappa shape index (κ1) is 12.9. The van der Waals surface area contributed by atoms with Crippen LogP contribution in [0.5, 0.6) is 0 Å². The summed E-state index contributed by atoms with van der Waals surface area (Å²) in [7, 11) is 0. The Morgan fingerprint density at radius 3 is 2.65 bits per heavy atom. The van der Waals surface area contributed by atoms with Gasteiger partial charge in [-0.25, -0.2) is 10.3 Å². The van der Waals surface area contributed by atoms with E-state index in [1.807, 2.05) is 42.5 Å². The Hall–Kier alpha value is -2.07. The van der Waals surface area contributed by atoms with Gasteiger partial charge in [0.15, 0.2) is 0 Å². The van der Waals surface area contributed by atoms with Gasteiger partial charge in [-0.1, -0.05) is 49.2 Å². The molecule has 0 heterocycles. The van der Waals surface area contributed by atoms with Crippen LogP contribution in [0.3, 0.4) is 0 Å². The standard InChI is InChI=1S/C16H18N2O2/c19-16(18-20-13-8-2-3-9-13)17-15-11-5-7-12-6-1-4-10-14(12)15/h1,4-7,10-11,13H,2-3,8-9H2,(H2,17,18,19). The van der Waals surface area contributed by atoms with Crippen LogP contribution in [-0.4, -0.2) is 12.1 Å². The average molecular weight is 270 g/mol. The summed E-state index contributed by atoms with van der Waals surface area (Å²) in [5.41, 5.74) is 3.28. The molecule has 0 unspecified atom stereocenters. The molecule has 0 spiro atoms. The smallest absolute Gasteiger partial charge is 0.306 e. The van der Waals surface area contributed by atoms with Crippen molar-refractivity contribution in [2.45, 2.75) is 31.8 Å². The number of fused-ring (bicyclic) bond motifs is 1. The molecule has 0 aliphatic heterocycles. The number of hydrogen-bond acceptors (Lipinski definition) is 2. The third-order valence-corrected chi connectivity index (χ3v) is 3.66. The van der Waals surface area contributed by atoms with Gasteiger partial charge in [-0.3, -0.25) is 4.84 Å². The maximum atomic E-state index is 11.9. The summed E-state index contributed by atoms with van der Waals surface area (Å²) in [6, 6.07) is 13.5. The Balaban J connectivity index is 1.65. The van der Waals surface area contributed by atoms with Crippen LogP contribution in [0, 0.1) is 0 Å². The largest absolute Gasteiger partial charge is 0.343 e. The number of carbonyl (C=O) groups is 1. The zero-order chi connectivity index (χ0) is 13.8. The van der Waals surface area contributed by atoms with Crippen molar-refractivity contribution in [1.29, 1.82) is 0 Å². The summed E-state index contributed by atoms with van der Waals surface area (Å²) in [6.45, 7) is 0. The number of carbonyl (C=O) groups excluding carboxylic acids is 1. The fourth-order valence-corrected chi connectivity index (χ4v) is 2.63. The predicted molar refractivity (Wildman–Crippen MR) is 79.4 cm³/mol. The van der Waals surface area contributed by atoms with Crippen molar-refractivity contribution in [3.63, 3.8) is 0 Å². The number of benzene rings is 2. The van der Waals surface area contributed by atoms with Crippen molar-refractivity contribution in [3.8, 4) is 0 Å². The van der Waals surface area contributed by atoms with Crippen molar-refractivity contribution in [2.75, 3.05) is 5.32 Å². The second kappa shape index (κ2) is 5.92. The van der Waals surface area contributed by atoms with Crippen LogP contribution in [-0.2, 0) is 4.84 Å². The molecule has 4 heteroatoms. The van der Waals surface area contributed by atoms with Crippen molar-refractivity contribution in [1.82, 2.24) is 5.48 Å². The van der Waals surface area contributed by atoms with Gasteiger partial charge in [-0.15, -0.1) is 0 Å². The minimum atomic E-state index is -0.326. The summed E-state index contributed by atoms with van der Waals surface area (Å²) < 4.78 is 0. The number of urea groups is 1. The van der Waals surface area contributed by atoms with Gasteiger partial charge in [0, 0.05) is 5.39 Å². The van der Waals surface area contributed by atoms with Gasteiger partial charge in [0.05, 0.1) is 11.8 Å². The Kier molecular flexibility index (Phi) is 3.83. The first-order valence-electron chi connectivity index (χ1n) is 7.03. The number of hydroxylamine groups is 1. The molecule has 3 rings (SSSR count). The third kappa shape index (κ3) is 2.91. The molecule has 20 heavy (non-hydrogen) atoms. The Bertz CT molecular complexity index is 601. The lowest BCUT2D eigenvalue weighted by molar-refractivity contribution is 0.00337. The monoisotopic (exact) mass is 270 g/mol. The molecule has 1 saturated carbocycles. The lowest BCUT2D eigenvalue weighted by Crippen LogP contribution is -2.32. The number of amides is 2. The van der Waals surface area contributed by atoms with Gasteiger partial charge in [-0.05, 0) is 24.3 Å². The highest BCUT2D eigenvalue weighted by atomic mass is 16.7. The Morgan fingerprint density at radius 2 is 1.80 bits per heavy atom. The van der Waals surface area contributed by atoms with E-state index in [2.05, 4.69) is 10.8 Å². The zero-order valence-electron chi connectivity index (χ0n) is 11.3. The number of hydrogen-bond donors (Lipinski definition) is 2. The Labute approximate surface area is 118 Å². The van der Waals surface area contributed by atoms with Crippen LogP contribution in [0.2, 0.25) is 0 Å². The molecule has 4 nitrogen and oxygen atoms in total. The molecular weight excluding hydrogens is 252 g/mol. The number of nitrogens with one attached hydrogen (secondary N) is 2. The van der Waals surface area contributed by atoms with Crippen molar-refractivity contribution < 1.29 is 9.63 Å². The predicted octanol–water partition coefficient (Wildman–Crippen LogP) is 3.84. The summed E-state index contributed by atoms with van der Waals surface area (Å²) in [6.07, 6.45) is 4.56. The highest BCUT2D eigenvalue weighted by Crippen LogP contribution is 2.23. The molecule has 0 bridgehead atoms. The second-order valence-electron chi connectivity index (χ2n) is 5.11. The van der Waals surface area contributed by atoms with Gasteiger partial charge in [0.1, 0.15) is 0 Å². The van der Waals surface area contributed by atoms with E-state index >= 15 is 0 Å². The molecule has 2 aromatic carbocycles. The van der Waals surface area contributed by atoms with E-state index in [0.717, 1.165) is 29.3 Å². The van der Waals surface area contributed by atoms with E-state index in [0.29, 0.717) is 0 Å². The number of rotatable bonds is 3. The summed E-state index contributed by atoms with van der Waals surface area (Å²) in [5.74, 6) is 0. The van der Waals surface area contributed by atoms with Gasteiger partial charge in [-0.2, -0.15) is 0 Å². The molecule has 0 aromatic heterocycles. The van der Waals surface area contributed by atoms with E-state index in [1.54, 1.807) is 0 Å². The van der Waals surface area contributed by atoms with E-state index in [9.17, 15) is 4.79 Å². The molecular formula is C16H18N2O2. The molecule has 2 amide bonds. The normalized spacial score (nSPS) is 15.4.